The minimum atomic E-state index is -0.849. The van der Waals surface area contributed by atoms with Gasteiger partial charge in [-0.05, 0) is 50.1 Å². The van der Waals surface area contributed by atoms with Gasteiger partial charge >= 0.3 is 11.7 Å². The molecular formula is C24H27FN4O5. The van der Waals surface area contributed by atoms with Crippen molar-refractivity contribution in [1.29, 1.82) is 0 Å². The Bertz CT molecular complexity index is 1380. The number of esters is 1. The minimum Gasteiger partial charge on any atom is -0.454 e. The summed E-state index contributed by atoms with van der Waals surface area (Å²) in [6.07, 6.45) is 0. The van der Waals surface area contributed by atoms with E-state index in [0.29, 0.717) is 17.1 Å². The number of nitrogens with zero attached hydrogens (tertiary/aromatic N) is 3. The van der Waals surface area contributed by atoms with Crippen molar-refractivity contribution in [1.82, 2.24) is 13.7 Å². The third kappa shape index (κ3) is 4.57. The number of nitrogens with two attached hydrogens (primary N) is 1. The molecule has 0 spiro atoms. The van der Waals surface area contributed by atoms with Crippen molar-refractivity contribution in [2.45, 2.75) is 34.2 Å². The lowest BCUT2D eigenvalue weighted by atomic mass is 10.1. The Kier molecular flexibility index (Phi) is 6.90. The molecule has 0 fully saturated rings. The van der Waals surface area contributed by atoms with Crippen LogP contribution in [-0.2, 0) is 18.3 Å². The van der Waals surface area contributed by atoms with Crippen LogP contribution in [0, 0.1) is 25.6 Å². The first-order valence-corrected chi connectivity index (χ1v) is 10.7. The van der Waals surface area contributed by atoms with Crippen LogP contribution in [-0.4, -0.2) is 32.1 Å². The van der Waals surface area contributed by atoms with Gasteiger partial charge in [0.05, 0.1) is 5.56 Å². The molecule has 0 unspecified atom stereocenters. The molecule has 34 heavy (non-hydrogen) atoms. The quantitative estimate of drug-likeness (QED) is 0.418. The number of rotatable bonds is 7. The van der Waals surface area contributed by atoms with E-state index < -0.39 is 35.2 Å². The predicted octanol–water partition coefficient (Wildman–Crippen LogP) is 2.37. The van der Waals surface area contributed by atoms with Crippen molar-refractivity contribution in [3.8, 4) is 5.69 Å². The van der Waals surface area contributed by atoms with Gasteiger partial charge in [0, 0.05) is 30.7 Å². The molecule has 180 valence electrons. The summed E-state index contributed by atoms with van der Waals surface area (Å²) in [5.74, 6) is -2.17. The molecule has 9 nitrogen and oxygen atoms in total. The number of benzene rings is 1. The van der Waals surface area contributed by atoms with Gasteiger partial charge in [-0.3, -0.25) is 18.7 Å². The maximum Gasteiger partial charge on any atom is 0.340 e. The fraction of sp³-hybridized carbons (Fsp3) is 0.333. The predicted molar refractivity (Wildman–Crippen MR) is 125 cm³/mol. The third-order valence-electron chi connectivity index (χ3n) is 5.48. The highest BCUT2D eigenvalue weighted by Gasteiger charge is 2.24. The van der Waals surface area contributed by atoms with E-state index in [1.807, 2.05) is 13.8 Å². The topological polar surface area (TPSA) is 118 Å². The Balaban J connectivity index is 1.87. The second-order valence-corrected chi connectivity index (χ2v) is 8.51. The summed E-state index contributed by atoms with van der Waals surface area (Å²) in [7, 11) is 1.26. The molecule has 0 atom stereocenters. The lowest BCUT2D eigenvalue weighted by Gasteiger charge is -2.16. The minimum absolute atomic E-state index is 0.0367. The number of aryl methyl sites for hydroxylation is 1. The van der Waals surface area contributed by atoms with Crippen molar-refractivity contribution in [2.24, 2.45) is 13.0 Å². The van der Waals surface area contributed by atoms with Crippen molar-refractivity contribution in [2.75, 3.05) is 12.3 Å². The molecular weight excluding hydrogens is 443 g/mol. The number of ether oxygens (including phenoxy) is 1. The van der Waals surface area contributed by atoms with E-state index >= 15 is 0 Å². The lowest BCUT2D eigenvalue weighted by Crippen LogP contribution is -2.43. The molecule has 0 radical (unpaired) electrons. The van der Waals surface area contributed by atoms with Crippen LogP contribution in [0.15, 0.2) is 39.9 Å². The summed E-state index contributed by atoms with van der Waals surface area (Å²) in [6.45, 7) is 6.70. The van der Waals surface area contributed by atoms with Crippen LogP contribution in [0.25, 0.3) is 5.69 Å². The Morgan fingerprint density at radius 1 is 1.12 bits per heavy atom. The van der Waals surface area contributed by atoms with Crippen LogP contribution in [0.4, 0.5) is 10.2 Å². The summed E-state index contributed by atoms with van der Waals surface area (Å²) in [5, 5.41) is 0. The summed E-state index contributed by atoms with van der Waals surface area (Å²) in [6, 6.07) is 7.39. The second-order valence-electron chi connectivity index (χ2n) is 8.51. The van der Waals surface area contributed by atoms with Crippen LogP contribution >= 0.6 is 0 Å². The lowest BCUT2D eigenvalue weighted by molar-refractivity contribution is 0.0473. The van der Waals surface area contributed by atoms with E-state index in [-0.39, 0.29) is 29.7 Å². The van der Waals surface area contributed by atoms with E-state index in [2.05, 4.69) is 0 Å². The van der Waals surface area contributed by atoms with Crippen LogP contribution in [0.5, 0.6) is 0 Å². The normalized spacial score (nSPS) is 11.1. The van der Waals surface area contributed by atoms with Gasteiger partial charge in [-0.25, -0.2) is 14.0 Å². The van der Waals surface area contributed by atoms with Gasteiger partial charge in [0.1, 0.15) is 17.2 Å². The third-order valence-corrected chi connectivity index (χ3v) is 5.48. The highest BCUT2D eigenvalue weighted by molar-refractivity contribution is 6.02. The van der Waals surface area contributed by atoms with Gasteiger partial charge in [-0.1, -0.05) is 13.8 Å². The zero-order valence-corrected chi connectivity index (χ0v) is 19.7. The number of carbonyl (C=O) groups excluding carboxylic acids is 2. The second kappa shape index (κ2) is 9.50. The Labute approximate surface area is 195 Å². The summed E-state index contributed by atoms with van der Waals surface area (Å²) in [4.78, 5) is 50.5. The molecule has 0 saturated heterocycles. The number of ketones is 1. The largest absolute Gasteiger partial charge is 0.454 e. The highest BCUT2D eigenvalue weighted by atomic mass is 19.1. The van der Waals surface area contributed by atoms with E-state index in [4.69, 9.17) is 10.5 Å². The molecule has 2 aromatic heterocycles. The SMILES string of the molecule is Cc1cc(C(=O)OCC(=O)c2c(N)n(CC(C)C)c(=O)n(C)c2=O)c(C)n1-c1ccc(F)cc1. The number of aromatic nitrogens is 3. The molecule has 10 heteroatoms. The first kappa shape index (κ1) is 24.7. The van der Waals surface area contributed by atoms with Crippen molar-refractivity contribution in [3.05, 3.63) is 79.5 Å². The Hall–Kier alpha value is -3.95. The fourth-order valence-electron chi connectivity index (χ4n) is 3.82. The van der Waals surface area contributed by atoms with Gasteiger partial charge < -0.3 is 15.0 Å². The number of Topliss-reactive ketones (excluding diaryl/α,β-unsaturated/α-hetero) is 1. The molecule has 0 amide bonds. The molecule has 0 saturated carbocycles. The molecule has 0 bridgehead atoms. The maximum atomic E-state index is 13.3. The Morgan fingerprint density at radius 3 is 2.32 bits per heavy atom. The molecule has 3 aromatic rings. The first-order valence-electron chi connectivity index (χ1n) is 10.7. The first-order chi connectivity index (χ1) is 15.9. The number of hydrogen-bond donors (Lipinski definition) is 1. The average molecular weight is 471 g/mol. The van der Waals surface area contributed by atoms with Gasteiger partial charge in [0.25, 0.3) is 5.56 Å². The van der Waals surface area contributed by atoms with Crippen LogP contribution < -0.4 is 17.0 Å². The van der Waals surface area contributed by atoms with E-state index in [0.717, 1.165) is 9.13 Å². The zero-order valence-electron chi connectivity index (χ0n) is 19.7. The molecule has 3 rings (SSSR count). The standard InChI is InChI=1S/C24H27FN4O5/c1-13(2)11-28-21(26)20(22(31)27(5)24(28)33)19(30)12-34-23(32)18-10-14(3)29(15(18)4)17-8-6-16(25)7-9-17/h6-10,13H,11-12,26H2,1-5H3. The van der Waals surface area contributed by atoms with Gasteiger partial charge in [-0.2, -0.15) is 0 Å². The summed E-state index contributed by atoms with van der Waals surface area (Å²) >= 11 is 0. The molecule has 0 aliphatic carbocycles. The number of hydrogen-bond acceptors (Lipinski definition) is 6. The van der Waals surface area contributed by atoms with Gasteiger partial charge in [-0.15, -0.1) is 0 Å². The molecule has 1 aromatic carbocycles. The molecule has 0 aliphatic rings. The summed E-state index contributed by atoms with van der Waals surface area (Å²) < 4.78 is 22.2. The summed E-state index contributed by atoms with van der Waals surface area (Å²) in [5.41, 5.74) is 6.27. The van der Waals surface area contributed by atoms with Gasteiger partial charge in [0.2, 0.25) is 5.78 Å². The maximum absolute atomic E-state index is 13.3. The van der Waals surface area contributed by atoms with E-state index in [9.17, 15) is 23.6 Å². The average Bonchev–Trinajstić information content (AvgIpc) is 3.08. The molecule has 2 N–H and O–H groups in total. The zero-order chi connectivity index (χ0) is 25.3. The molecule has 0 aliphatic heterocycles. The highest BCUT2D eigenvalue weighted by Crippen LogP contribution is 2.22. The number of halogens is 1. The fourth-order valence-corrected chi connectivity index (χ4v) is 3.82. The number of carbonyl (C=O) groups is 2. The van der Waals surface area contributed by atoms with Crippen LogP contribution in [0.1, 0.15) is 46.0 Å². The van der Waals surface area contributed by atoms with E-state index in [1.165, 1.54) is 19.2 Å². The van der Waals surface area contributed by atoms with Crippen molar-refractivity contribution >= 4 is 17.6 Å². The Morgan fingerprint density at radius 2 is 1.74 bits per heavy atom. The smallest absolute Gasteiger partial charge is 0.340 e. The molecule has 2 heterocycles. The number of nitrogen functional groups attached to an aromatic ring is 1. The van der Waals surface area contributed by atoms with Gasteiger partial charge in [0.15, 0.2) is 6.61 Å². The van der Waals surface area contributed by atoms with Crippen LogP contribution in [0.3, 0.4) is 0 Å². The van der Waals surface area contributed by atoms with E-state index in [1.54, 1.807) is 36.6 Å². The monoisotopic (exact) mass is 470 g/mol. The van der Waals surface area contributed by atoms with Crippen LogP contribution in [0.2, 0.25) is 0 Å². The number of anilines is 1. The van der Waals surface area contributed by atoms with Crippen molar-refractivity contribution < 1.29 is 18.7 Å². The van der Waals surface area contributed by atoms with Crippen molar-refractivity contribution in [3.63, 3.8) is 0 Å².